The van der Waals surface area contributed by atoms with Gasteiger partial charge in [0.25, 0.3) is 0 Å². The Hall–Kier alpha value is -7.04. The lowest BCUT2D eigenvalue weighted by Gasteiger charge is -2.22. The van der Waals surface area contributed by atoms with Gasteiger partial charge >= 0.3 is 0 Å². The zero-order valence-corrected chi connectivity index (χ0v) is 42.8. The Morgan fingerprint density at radius 3 is 1.81 bits per heavy atom. The van der Waals surface area contributed by atoms with Crippen LogP contribution < -0.4 is 0 Å². The fourth-order valence-corrected chi connectivity index (χ4v) is 9.37. The molecule has 70 heavy (non-hydrogen) atoms. The van der Waals surface area contributed by atoms with Gasteiger partial charge in [-0.2, -0.15) is 0 Å². The van der Waals surface area contributed by atoms with Gasteiger partial charge in [0.2, 0.25) is 0 Å². The summed E-state index contributed by atoms with van der Waals surface area (Å²) >= 11 is 0. The van der Waals surface area contributed by atoms with Crippen LogP contribution in [0.5, 0.6) is 5.75 Å². The van der Waals surface area contributed by atoms with Crippen molar-refractivity contribution < 1.29 is 13.3 Å². The third-order valence-electron chi connectivity index (χ3n) is 13.6. The SMILES string of the molecule is [2H]C([2H])([2H])c1cc(-n2c(-c3cc(C([2H])(C)C)cc(C([2H])(C)C)c3O)nc3c(-c4cc(-c5cc(-c6ccc(C([2H])(C)C)cc6)ccn5)cc(C(C)(C)C)c4)cccc32)c(-c2ccccc2)cc1-c1ccc(C(C)(C)C)cc1. The second kappa shape index (κ2) is 18.7. The van der Waals surface area contributed by atoms with E-state index in [-0.39, 0.29) is 22.1 Å². The van der Waals surface area contributed by atoms with Gasteiger partial charge in [-0.15, -0.1) is 0 Å². The van der Waals surface area contributed by atoms with Crippen molar-refractivity contribution in [2.24, 2.45) is 0 Å². The van der Waals surface area contributed by atoms with Crippen LogP contribution >= 0.6 is 0 Å². The van der Waals surface area contributed by atoms with Crippen molar-refractivity contribution in [3.8, 4) is 78.6 Å². The molecule has 0 saturated carbocycles. The molecule has 2 heterocycles. The van der Waals surface area contributed by atoms with Crippen LogP contribution in [-0.4, -0.2) is 19.6 Å². The molecule has 9 rings (SSSR count). The zero-order chi connectivity index (χ0) is 55.1. The molecule has 354 valence electrons. The number of para-hydroxylation sites is 1. The van der Waals surface area contributed by atoms with Crippen molar-refractivity contribution in [2.45, 2.75) is 118 Å². The van der Waals surface area contributed by atoms with Gasteiger partial charge in [0.05, 0.1) is 28.0 Å². The van der Waals surface area contributed by atoms with Crippen LogP contribution in [0.25, 0.3) is 83.9 Å². The van der Waals surface area contributed by atoms with Crippen LogP contribution in [0, 0.1) is 6.85 Å². The maximum atomic E-state index is 12.6. The maximum Gasteiger partial charge on any atom is 0.149 e. The molecule has 4 nitrogen and oxygen atoms in total. The molecular formula is C66H69N3O. The third-order valence-corrected chi connectivity index (χ3v) is 13.6. The number of hydrogen-bond donors (Lipinski definition) is 1. The summed E-state index contributed by atoms with van der Waals surface area (Å²) < 4.78 is 56.4. The standard InChI is InChI=1S/C66H69N3O/c1-40(2)44-22-24-45(25-23-44)48-30-31-67-59(38-48)51-33-50(34-53(35-51)66(11,12)13)54-20-17-21-60-62(54)68-64(58-37-49(41(3)4)36-55(42(5)6)63(58)70)69(60)61-32-43(7)56(39-57(61)46-18-15-14-16-19-46)47-26-28-52(29-27-47)65(8,9)10/h14-42,70H,1-13H3/i7D3,40D,41D,42D. The van der Waals surface area contributed by atoms with E-state index >= 15 is 0 Å². The summed E-state index contributed by atoms with van der Waals surface area (Å²) in [6, 6.07) is 50.2. The van der Waals surface area contributed by atoms with Crippen LogP contribution in [0.4, 0.5) is 0 Å². The van der Waals surface area contributed by atoms with Crippen LogP contribution in [0.3, 0.4) is 0 Å². The number of aromatic nitrogens is 3. The summed E-state index contributed by atoms with van der Waals surface area (Å²) in [7, 11) is 0. The Labute approximate surface area is 425 Å². The first-order valence-corrected chi connectivity index (χ1v) is 24.4. The molecule has 0 aliphatic heterocycles. The molecule has 0 radical (unpaired) electrons. The molecule has 7 aromatic carbocycles. The summed E-state index contributed by atoms with van der Waals surface area (Å²) in [6.45, 7) is 21.3. The minimum Gasteiger partial charge on any atom is -0.507 e. The Kier molecular flexibility index (Phi) is 10.9. The molecule has 0 saturated heterocycles. The van der Waals surface area contributed by atoms with Crippen molar-refractivity contribution in [1.29, 1.82) is 0 Å². The number of nitrogens with zero attached hydrogens (tertiary/aromatic N) is 3. The van der Waals surface area contributed by atoms with E-state index in [1.807, 2.05) is 110 Å². The number of phenols is 1. The first kappa shape index (κ1) is 40.8. The van der Waals surface area contributed by atoms with Crippen LogP contribution in [0.1, 0.15) is 142 Å². The topological polar surface area (TPSA) is 50.9 Å². The van der Waals surface area contributed by atoms with E-state index in [0.29, 0.717) is 44.8 Å². The average Bonchev–Trinajstić information content (AvgIpc) is 3.74. The molecule has 0 spiro atoms. The molecule has 0 bridgehead atoms. The normalized spacial score (nSPS) is 14.1. The Bertz CT molecular complexity index is 3630. The molecule has 0 unspecified atom stereocenters. The summed E-state index contributed by atoms with van der Waals surface area (Å²) in [6.07, 6.45) is 1.83. The van der Waals surface area contributed by atoms with Gasteiger partial charge in [-0.3, -0.25) is 9.55 Å². The molecule has 0 aliphatic rings. The van der Waals surface area contributed by atoms with Gasteiger partial charge in [0, 0.05) is 31.1 Å². The van der Waals surface area contributed by atoms with Crippen molar-refractivity contribution in [2.75, 3.05) is 0 Å². The Balaban J connectivity index is 1.37. The number of imidazole rings is 1. The number of hydrogen-bond acceptors (Lipinski definition) is 3. The maximum absolute atomic E-state index is 12.6. The van der Waals surface area contributed by atoms with Gasteiger partial charge in [0.15, 0.2) is 0 Å². The predicted octanol–water partition coefficient (Wildman–Crippen LogP) is 18.4. The summed E-state index contributed by atoms with van der Waals surface area (Å²) in [4.78, 5) is 10.5. The third kappa shape index (κ3) is 9.37. The van der Waals surface area contributed by atoms with E-state index in [1.54, 1.807) is 45.9 Å². The molecule has 0 aliphatic carbocycles. The first-order valence-electron chi connectivity index (χ1n) is 27.4. The predicted molar refractivity (Wildman–Crippen MR) is 298 cm³/mol. The first-order chi connectivity index (χ1) is 35.4. The van der Waals surface area contributed by atoms with E-state index in [0.717, 1.165) is 66.9 Å². The monoisotopic (exact) mass is 926 g/mol. The van der Waals surface area contributed by atoms with Gasteiger partial charge < -0.3 is 5.11 Å². The second-order valence-electron chi connectivity index (χ2n) is 21.5. The van der Waals surface area contributed by atoms with Crippen LogP contribution in [-0.2, 0) is 10.8 Å². The van der Waals surface area contributed by atoms with Crippen molar-refractivity contribution in [3.05, 3.63) is 191 Å². The molecule has 2 aromatic heterocycles. The highest BCUT2D eigenvalue weighted by Crippen LogP contribution is 2.46. The Morgan fingerprint density at radius 2 is 1.17 bits per heavy atom. The van der Waals surface area contributed by atoms with E-state index in [4.69, 9.17) is 15.5 Å². The number of phenolic OH excluding ortho intramolecular Hbond substituents is 1. The Morgan fingerprint density at radius 1 is 0.514 bits per heavy atom. The largest absolute Gasteiger partial charge is 0.507 e. The number of benzene rings is 7. The smallest absolute Gasteiger partial charge is 0.149 e. The summed E-state index contributed by atoms with van der Waals surface area (Å²) in [5.41, 5.74) is 14.3. The van der Waals surface area contributed by atoms with Crippen LogP contribution in [0.2, 0.25) is 0 Å². The highest BCUT2D eigenvalue weighted by atomic mass is 16.3. The number of fused-ring (bicyclic) bond motifs is 1. The van der Waals surface area contributed by atoms with Crippen molar-refractivity contribution in [1.82, 2.24) is 14.5 Å². The molecular weight excluding hydrogens is 851 g/mol. The minimum absolute atomic E-state index is 0.110. The molecule has 0 fully saturated rings. The lowest BCUT2D eigenvalue weighted by molar-refractivity contribution is 0.466. The number of aromatic hydroxyl groups is 1. The lowest BCUT2D eigenvalue weighted by Crippen LogP contribution is -2.11. The van der Waals surface area contributed by atoms with Crippen molar-refractivity contribution >= 4 is 11.0 Å². The quantitative estimate of drug-likeness (QED) is 0.149. The average molecular weight is 926 g/mol. The lowest BCUT2D eigenvalue weighted by atomic mass is 9.83. The molecule has 9 aromatic rings. The molecule has 0 atom stereocenters. The molecule has 4 heteroatoms. The highest BCUT2D eigenvalue weighted by Gasteiger charge is 2.27. The van der Waals surface area contributed by atoms with Gasteiger partial charge in [-0.1, -0.05) is 186 Å². The van der Waals surface area contributed by atoms with Gasteiger partial charge in [-0.25, -0.2) is 4.98 Å². The van der Waals surface area contributed by atoms with E-state index in [1.165, 1.54) is 0 Å². The second-order valence-corrected chi connectivity index (χ2v) is 21.5. The minimum atomic E-state index is -2.55. The van der Waals surface area contributed by atoms with Gasteiger partial charge in [0.1, 0.15) is 11.6 Å². The van der Waals surface area contributed by atoms with Gasteiger partial charge in [-0.05, 0) is 151 Å². The fourth-order valence-electron chi connectivity index (χ4n) is 9.37. The number of pyridine rings is 1. The van der Waals surface area contributed by atoms with E-state index in [2.05, 4.69) is 90.1 Å². The number of rotatable bonds is 10. The highest BCUT2D eigenvalue weighted by molar-refractivity contribution is 5.98. The fraction of sp³-hybridized carbons (Fsp3) is 0.273. The summed E-state index contributed by atoms with van der Waals surface area (Å²) in [5, 5.41) is 12.6. The van der Waals surface area contributed by atoms with Crippen LogP contribution in [0.15, 0.2) is 158 Å². The van der Waals surface area contributed by atoms with E-state index < -0.39 is 24.5 Å². The molecule has 0 amide bonds. The molecule has 1 N–H and O–H groups in total. The summed E-state index contributed by atoms with van der Waals surface area (Å²) in [5.74, 6) is -2.93. The van der Waals surface area contributed by atoms with E-state index in [9.17, 15) is 7.85 Å². The number of aryl methyl sites for hydroxylation is 1. The van der Waals surface area contributed by atoms with Crippen molar-refractivity contribution in [3.63, 3.8) is 0 Å². The zero-order valence-electron chi connectivity index (χ0n) is 48.8.